The molecule has 0 atom stereocenters. The number of aromatic nitrogens is 3. The second-order valence-electron chi connectivity index (χ2n) is 6.83. The van der Waals surface area contributed by atoms with Crippen molar-refractivity contribution in [2.75, 3.05) is 12.4 Å². The molecule has 11 heteroatoms. The molecule has 0 aliphatic rings. The third-order valence-corrected chi connectivity index (χ3v) is 6.28. The third kappa shape index (κ3) is 4.14. The lowest BCUT2D eigenvalue weighted by Crippen LogP contribution is -2.24. The van der Waals surface area contributed by atoms with Crippen molar-refractivity contribution in [2.45, 2.75) is 13.5 Å². The number of rotatable bonds is 6. The highest BCUT2D eigenvalue weighted by Crippen LogP contribution is 2.36. The van der Waals surface area contributed by atoms with E-state index in [1.54, 1.807) is 25.3 Å². The van der Waals surface area contributed by atoms with Crippen LogP contribution in [0.15, 0.2) is 41.5 Å². The minimum Gasteiger partial charge on any atom is -0.495 e. The van der Waals surface area contributed by atoms with Gasteiger partial charge in [0.1, 0.15) is 15.1 Å². The molecule has 0 fully saturated rings. The number of Topliss-reactive ketones (excluding diaryl/α,β-unsaturated/α-hetero) is 1. The van der Waals surface area contributed by atoms with Crippen molar-refractivity contribution in [1.82, 2.24) is 14.5 Å². The number of anilines is 1. The van der Waals surface area contributed by atoms with Crippen LogP contribution < -0.4 is 15.6 Å². The highest BCUT2D eigenvalue weighted by atomic mass is 35.5. The minimum absolute atomic E-state index is 0.208. The van der Waals surface area contributed by atoms with Gasteiger partial charge in [-0.2, -0.15) is 0 Å². The summed E-state index contributed by atoms with van der Waals surface area (Å²) in [7, 11) is 1.47. The lowest BCUT2D eigenvalue weighted by Gasteiger charge is -2.08. The van der Waals surface area contributed by atoms with Crippen molar-refractivity contribution < 1.29 is 14.3 Å². The topological polar surface area (TPSA) is 106 Å². The average Bonchev–Trinajstić information content (AvgIpc) is 3.27. The lowest BCUT2D eigenvalue weighted by atomic mass is 10.1. The van der Waals surface area contributed by atoms with Crippen molar-refractivity contribution in [3.63, 3.8) is 0 Å². The molecule has 4 aromatic rings. The molecular weight excluding hydrogens is 475 g/mol. The number of methoxy groups -OCH3 is 1. The number of pyridine rings is 1. The van der Waals surface area contributed by atoms with E-state index in [2.05, 4.69) is 15.3 Å². The van der Waals surface area contributed by atoms with Gasteiger partial charge in [0.15, 0.2) is 0 Å². The van der Waals surface area contributed by atoms with Gasteiger partial charge in [-0.3, -0.25) is 14.4 Å². The molecule has 0 saturated carbocycles. The Labute approximate surface area is 195 Å². The predicted molar refractivity (Wildman–Crippen MR) is 124 cm³/mol. The van der Waals surface area contributed by atoms with Gasteiger partial charge in [-0.05, 0) is 25.1 Å². The van der Waals surface area contributed by atoms with Crippen molar-refractivity contribution in [1.29, 1.82) is 0 Å². The highest BCUT2D eigenvalue weighted by molar-refractivity contribution is 7.15. The quantitative estimate of drug-likeness (QED) is 0.310. The van der Waals surface area contributed by atoms with Gasteiger partial charge >= 0.3 is 0 Å². The Kier molecular flexibility index (Phi) is 6.05. The predicted octanol–water partition coefficient (Wildman–Crippen LogP) is 4.28. The molecule has 0 bridgehead atoms. The number of fused-ring (bicyclic) bond motifs is 1. The minimum atomic E-state index is -0.871. The highest BCUT2D eigenvalue weighted by Gasteiger charge is 2.27. The summed E-state index contributed by atoms with van der Waals surface area (Å²) >= 11 is 13.7. The molecule has 2 N–H and O–H groups in total. The maximum absolute atomic E-state index is 13.2. The van der Waals surface area contributed by atoms with E-state index >= 15 is 0 Å². The van der Waals surface area contributed by atoms with Gasteiger partial charge in [-0.1, -0.05) is 23.2 Å². The summed E-state index contributed by atoms with van der Waals surface area (Å²) in [5.41, 5.74) is 1.23. The van der Waals surface area contributed by atoms with Crippen LogP contribution in [0, 0.1) is 6.92 Å². The summed E-state index contributed by atoms with van der Waals surface area (Å²) in [4.78, 5) is 44.2. The van der Waals surface area contributed by atoms with Crippen LogP contribution in [0.2, 0.25) is 9.36 Å². The van der Waals surface area contributed by atoms with Crippen molar-refractivity contribution in [3.8, 4) is 5.75 Å². The zero-order valence-electron chi connectivity index (χ0n) is 16.9. The molecular formula is C21H16Cl2N4O4S. The number of benzene rings is 1. The SMILES string of the molecule is COc1cc2c(C(=O)C(=O)Nc3cc[nH]c(=O)c3)c(C)n(Cc3ncc(Cl)s3)c2cc1Cl. The zero-order chi connectivity index (χ0) is 23.0. The molecule has 0 aliphatic carbocycles. The number of carbonyl (C=O) groups is 2. The van der Waals surface area contributed by atoms with Crippen LogP contribution in [-0.4, -0.2) is 33.3 Å². The first-order valence-electron chi connectivity index (χ1n) is 9.29. The van der Waals surface area contributed by atoms with Crippen molar-refractivity contribution in [2.24, 2.45) is 0 Å². The second-order valence-corrected chi connectivity index (χ2v) is 8.99. The number of hydrogen-bond acceptors (Lipinski definition) is 6. The first-order chi connectivity index (χ1) is 15.3. The fourth-order valence-corrected chi connectivity index (χ4v) is 4.62. The van der Waals surface area contributed by atoms with Crippen molar-refractivity contribution >= 4 is 62.8 Å². The molecule has 1 amide bonds. The van der Waals surface area contributed by atoms with Crippen LogP contribution in [0.5, 0.6) is 5.75 Å². The van der Waals surface area contributed by atoms with Crippen LogP contribution >= 0.6 is 34.5 Å². The molecule has 8 nitrogen and oxygen atoms in total. The van der Waals surface area contributed by atoms with E-state index in [1.807, 2.05) is 4.57 Å². The van der Waals surface area contributed by atoms with Gasteiger partial charge in [-0.15, -0.1) is 11.3 Å². The Hall–Kier alpha value is -3.14. The molecule has 4 rings (SSSR count). The van der Waals surface area contributed by atoms with E-state index in [4.69, 9.17) is 27.9 Å². The van der Waals surface area contributed by atoms with Crippen molar-refractivity contribution in [3.05, 3.63) is 72.6 Å². The zero-order valence-corrected chi connectivity index (χ0v) is 19.2. The fourth-order valence-electron chi connectivity index (χ4n) is 3.44. The summed E-state index contributed by atoms with van der Waals surface area (Å²) in [6.45, 7) is 2.08. The molecule has 164 valence electrons. The molecule has 0 aliphatic heterocycles. The number of aromatic amines is 1. The number of nitrogens with one attached hydrogen (secondary N) is 2. The number of halogens is 2. The first-order valence-corrected chi connectivity index (χ1v) is 10.9. The van der Waals surface area contributed by atoms with E-state index in [-0.39, 0.29) is 11.3 Å². The van der Waals surface area contributed by atoms with Gasteiger partial charge in [0.05, 0.1) is 36.0 Å². The molecule has 0 unspecified atom stereocenters. The number of nitrogens with zero attached hydrogens (tertiary/aromatic N) is 2. The van der Waals surface area contributed by atoms with Gasteiger partial charge in [0.25, 0.3) is 11.7 Å². The second kappa shape index (κ2) is 8.78. The largest absolute Gasteiger partial charge is 0.495 e. The first kappa shape index (κ1) is 22.1. The van der Waals surface area contributed by atoms with E-state index in [0.717, 1.165) is 5.01 Å². The summed E-state index contributed by atoms with van der Waals surface area (Å²) in [5.74, 6) is -1.25. The van der Waals surface area contributed by atoms with Crippen LogP contribution in [0.3, 0.4) is 0 Å². The van der Waals surface area contributed by atoms with Gasteiger partial charge in [0.2, 0.25) is 5.56 Å². The summed E-state index contributed by atoms with van der Waals surface area (Å²) in [6.07, 6.45) is 2.94. The number of carbonyl (C=O) groups excluding carboxylic acids is 2. The van der Waals surface area contributed by atoms with E-state index in [1.165, 1.54) is 36.8 Å². The Balaban J connectivity index is 1.81. The lowest BCUT2D eigenvalue weighted by molar-refractivity contribution is -0.112. The number of H-pyrrole nitrogens is 1. The van der Waals surface area contributed by atoms with Gasteiger partial charge in [0, 0.05) is 29.0 Å². The molecule has 0 spiro atoms. The van der Waals surface area contributed by atoms with Gasteiger partial charge < -0.3 is 19.6 Å². The number of hydrogen-bond donors (Lipinski definition) is 2. The molecule has 1 aromatic carbocycles. The summed E-state index contributed by atoms with van der Waals surface area (Å²) in [6, 6.07) is 5.99. The molecule has 32 heavy (non-hydrogen) atoms. The standard InChI is InChI=1S/C21H16Cl2N4O4S/c1-10-19(20(29)21(30)26-11-3-4-24-17(28)5-11)12-6-15(31-2)13(22)7-14(12)27(10)9-18-25-8-16(23)32-18/h3-8H,9H2,1-2H3,(H2,24,26,28,30). The van der Waals surface area contributed by atoms with E-state index in [9.17, 15) is 14.4 Å². The smallest absolute Gasteiger partial charge is 0.296 e. The number of ether oxygens (including phenoxy) is 1. The summed E-state index contributed by atoms with van der Waals surface area (Å²) < 4.78 is 7.70. The number of ketones is 1. The number of amides is 1. The molecule has 0 saturated heterocycles. The van der Waals surface area contributed by atoms with E-state index in [0.29, 0.717) is 38.3 Å². The average molecular weight is 491 g/mol. The van der Waals surface area contributed by atoms with Gasteiger partial charge in [-0.25, -0.2) is 4.98 Å². The Bertz CT molecular complexity index is 1420. The number of thiazole rings is 1. The van der Waals surface area contributed by atoms with E-state index < -0.39 is 17.2 Å². The van der Waals surface area contributed by atoms with Crippen LogP contribution in [0.1, 0.15) is 21.1 Å². The third-order valence-electron chi connectivity index (χ3n) is 4.88. The normalized spacial score (nSPS) is 11.0. The van der Waals surface area contributed by atoms with Crippen LogP contribution in [-0.2, 0) is 11.3 Å². The Morgan fingerprint density at radius 1 is 1.28 bits per heavy atom. The van der Waals surface area contributed by atoms with Crippen LogP contribution in [0.4, 0.5) is 5.69 Å². The maximum Gasteiger partial charge on any atom is 0.296 e. The maximum atomic E-state index is 13.2. The summed E-state index contributed by atoms with van der Waals surface area (Å²) in [5, 5.41) is 4.08. The molecule has 3 aromatic heterocycles. The fraction of sp³-hybridized carbons (Fsp3) is 0.143. The monoisotopic (exact) mass is 490 g/mol. The molecule has 3 heterocycles. The Morgan fingerprint density at radius 3 is 2.72 bits per heavy atom. The Morgan fingerprint density at radius 2 is 2.06 bits per heavy atom. The van der Waals surface area contributed by atoms with Crippen LogP contribution in [0.25, 0.3) is 10.9 Å². The molecule has 0 radical (unpaired) electrons.